The fourth-order valence-corrected chi connectivity index (χ4v) is 9.03. The number of nitrogens with one attached hydrogen (secondary N) is 1. The number of phosphoric ester groups is 1. The van der Waals surface area contributed by atoms with Gasteiger partial charge in [0.05, 0.1) is 33.8 Å². The maximum Gasteiger partial charge on any atom is 0.306 e. The van der Waals surface area contributed by atoms with Gasteiger partial charge in [0.2, 0.25) is 5.91 Å². The Hall–Kier alpha value is -2.29. The molecule has 0 aromatic heterocycles. The quantitative estimate of drug-likeness (QED) is 0.0212. The Kier molecular flexibility index (Phi) is 49.6. The van der Waals surface area contributed by atoms with E-state index in [0.717, 1.165) is 57.8 Å². The molecule has 1 N–H and O–H groups in total. The molecule has 3 atom stereocenters. The Morgan fingerprint density at radius 2 is 0.873 bits per heavy atom. The summed E-state index contributed by atoms with van der Waals surface area (Å²) in [6, 6.07) is -0.918. The summed E-state index contributed by atoms with van der Waals surface area (Å²) in [5, 5.41) is 2.98. The largest absolute Gasteiger partial charge is 0.756 e. The Balaban J connectivity index is 5.26. The number of ether oxygens (including phenoxy) is 1. The molecule has 9 nitrogen and oxygen atoms in total. The van der Waals surface area contributed by atoms with Crippen molar-refractivity contribution in [1.29, 1.82) is 0 Å². The molecule has 0 radical (unpaired) electrons. The molecule has 3 unspecified atom stereocenters. The topological polar surface area (TPSA) is 114 Å². The molecule has 0 aromatic carbocycles. The first-order valence-corrected chi connectivity index (χ1v) is 31.1. The molecule has 10 heteroatoms. The molecule has 0 bridgehead atoms. The zero-order chi connectivity index (χ0) is 52.2. The molecule has 0 saturated heterocycles. The number of unbranched alkanes of at least 4 members (excludes halogenated alkanes) is 29. The van der Waals surface area contributed by atoms with Crippen LogP contribution in [0.5, 0.6) is 0 Å². The summed E-state index contributed by atoms with van der Waals surface area (Å²) in [4.78, 5) is 39.8. The van der Waals surface area contributed by atoms with Gasteiger partial charge in [0.15, 0.2) is 0 Å². The lowest BCUT2D eigenvalue weighted by Crippen LogP contribution is -2.47. The first-order chi connectivity index (χ1) is 34.4. The minimum atomic E-state index is -4.71. The molecule has 0 aliphatic heterocycles. The molecule has 0 aromatic rings. The molecule has 414 valence electrons. The van der Waals surface area contributed by atoms with E-state index < -0.39 is 26.6 Å². The van der Waals surface area contributed by atoms with Crippen molar-refractivity contribution in [2.45, 2.75) is 277 Å². The summed E-state index contributed by atoms with van der Waals surface area (Å²) in [5.74, 6) is -0.620. The van der Waals surface area contributed by atoms with Gasteiger partial charge in [-0.15, -0.1) is 0 Å². The van der Waals surface area contributed by atoms with Crippen LogP contribution in [0.4, 0.5) is 0 Å². The van der Waals surface area contributed by atoms with E-state index in [-0.39, 0.29) is 31.3 Å². The lowest BCUT2D eigenvalue weighted by atomic mass is 10.0. The standard InChI is InChI=1S/C61H113N2O7P/c1-7-10-13-16-19-22-25-27-28-29-30-31-32-33-34-36-39-42-45-48-51-54-61(65)70-59(52-49-46-43-40-37-24-21-18-15-12-9-3)58(57-69-71(66,67)68-56-55-63(4,5)6)62-60(64)53-50-47-44-41-38-35-26-23-20-17-14-11-8-2/h19,22,27-28,35,38,44,47,49,52,58-59H,7-18,20-21,23-26,29-34,36-37,39-43,45-46,48,50-51,53-57H2,1-6H3,(H-,62,64,66,67)/b22-19-,28-27-,38-35-,47-44+,52-49-. The maximum atomic E-state index is 13.4. The van der Waals surface area contributed by atoms with Crippen LogP contribution in [-0.2, 0) is 27.9 Å². The highest BCUT2D eigenvalue weighted by molar-refractivity contribution is 7.45. The SMILES string of the molecule is CCCCC/C=C\C/C=C\CCCCCCCCCCCCCC(=O)OC(/C=C\CCCCCCCCCCC)C(COP(=O)([O-])OCC[N+](C)(C)C)NC(=O)CC/C=C/C/C=C\CCCCCCCC. The minimum Gasteiger partial charge on any atom is -0.756 e. The number of likely N-dealkylation sites (N-methyl/N-ethyl adjacent to an activating group) is 1. The molecule has 0 aliphatic carbocycles. The van der Waals surface area contributed by atoms with Gasteiger partial charge in [-0.3, -0.25) is 14.2 Å². The summed E-state index contributed by atoms with van der Waals surface area (Å²) in [5.41, 5.74) is 0. The van der Waals surface area contributed by atoms with Crippen LogP contribution in [0, 0.1) is 0 Å². The van der Waals surface area contributed by atoms with E-state index in [9.17, 15) is 19.0 Å². The molecular weight excluding hydrogens is 904 g/mol. The molecule has 71 heavy (non-hydrogen) atoms. The van der Waals surface area contributed by atoms with Crippen molar-refractivity contribution in [1.82, 2.24) is 5.32 Å². The van der Waals surface area contributed by atoms with Crippen molar-refractivity contribution in [2.75, 3.05) is 40.9 Å². The number of carbonyl (C=O) groups is 2. The van der Waals surface area contributed by atoms with E-state index in [2.05, 4.69) is 68.6 Å². The lowest BCUT2D eigenvalue weighted by molar-refractivity contribution is -0.870. The van der Waals surface area contributed by atoms with Crippen LogP contribution in [0.1, 0.15) is 265 Å². The number of hydrogen-bond acceptors (Lipinski definition) is 7. The van der Waals surface area contributed by atoms with Gasteiger partial charge >= 0.3 is 5.97 Å². The zero-order valence-corrected chi connectivity index (χ0v) is 48.1. The predicted molar refractivity (Wildman–Crippen MR) is 302 cm³/mol. The number of quaternary nitrogens is 1. The number of nitrogens with zero attached hydrogens (tertiary/aromatic N) is 1. The van der Waals surface area contributed by atoms with Crippen LogP contribution in [0.2, 0.25) is 0 Å². The van der Waals surface area contributed by atoms with E-state index in [4.69, 9.17) is 13.8 Å². The van der Waals surface area contributed by atoms with Gasteiger partial charge in [0.1, 0.15) is 19.3 Å². The van der Waals surface area contributed by atoms with Gasteiger partial charge in [-0.1, -0.05) is 230 Å². The van der Waals surface area contributed by atoms with Crippen molar-refractivity contribution < 1.29 is 37.3 Å². The van der Waals surface area contributed by atoms with Crippen LogP contribution < -0.4 is 10.2 Å². The molecule has 0 rings (SSSR count). The molecule has 0 saturated carbocycles. The Morgan fingerprint density at radius 3 is 1.32 bits per heavy atom. The van der Waals surface area contributed by atoms with Crippen LogP contribution in [-0.4, -0.2) is 69.4 Å². The second-order valence-electron chi connectivity index (χ2n) is 21.1. The van der Waals surface area contributed by atoms with Crippen molar-refractivity contribution in [3.63, 3.8) is 0 Å². The van der Waals surface area contributed by atoms with E-state index in [1.165, 1.54) is 167 Å². The van der Waals surface area contributed by atoms with Gasteiger partial charge in [-0.25, -0.2) is 0 Å². The highest BCUT2D eigenvalue weighted by Gasteiger charge is 2.27. The number of phosphoric acid groups is 1. The average Bonchev–Trinajstić information content (AvgIpc) is 3.33. The third-order valence-electron chi connectivity index (χ3n) is 12.9. The highest BCUT2D eigenvalue weighted by Crippen LogP contribution is 2.38. The second-order valence-corrected chi connectivity index (χ2v) is 22.6. The van der Waals surface area contributed by atoms with Gasteiger partial charge in [-0.05, 0) is 83.1 Å². The van der Waals surface area contributed by atoms with Crippen molar-refractivity contribution in [3.8, 4) is 0 Å². The fourth-order valence-electron chi connectivity index (χ4n) is 8.31. The van der Waals surface area contributed by atoms with Crippen LogP contribution >= 0.6 is 7.82 Å². The number of esters is 1. The third-order valence-corrected chi connectivity index (χ3v) is 13.9. The molecule has 0 spiro atoms. The third kappa shape index (κ3) is 52.4. The average molecular weight is 1020 g/mol. The zero-order valence-electron chi connectivity index (χ0n) is 47.2. The van der Waals surface area contributed by atoms with E-state index >= 15 is 0 Å². The van der Waals surface area contributed by atoms with Gasteiger partial charge < -0.3 is 28.5 Å². The number of carbonyl (C=O) groups excluding carboxylic acids is 2. The smallest absolute Gasteiger partial charge is 0.306 e. The van der Waals surface area contributed by atoms with Crippen LogP contribution in [0.3, 0.4) is 0 Å². The van der Waals surface area contributed by atoms with E-state index in [0.29, 0.717) is 17.4 Å². The number of amides is 1. The highest BCUT2D eigenvalue weighted by atomic mass is 31.2. The summed E-state index contributed by atoms with van der Waals surface area (Å²) >= 11 is 0. The van der Waals surface area contributed by atoms with Crippen LogP contribution in [0.15, 0.2) is 60.8 Å². The molecule has 1 amide bonds. The number of hydrogen-bond donors (Lipinski definition) is 1. The van der Waals surface area contributed by atoms with Gasteiger partial charge in [-0.2, -0.15) is 0 Å². The summed E-state index contributed by atoms with van der Waals surface area (Å²) in [6.45, 7) is 6.76. The number of rotatable bonds is 53. The number of allylic oxidation sites excluding steroid dienone is 9. The van der Waals surface area contributed by atoms with Crippen molar-refractivity contribution >= 4 is 19.7 Å². The summed E-state index contributed by atoms with van der Waals surface area (Å²) in [7, 11) is 1.15. The Morgan fingerprint density at radius 1 is 0.493 bits per heavy atom. The minimum absolute atomic E-state index is 0.0326. The summed E-state index contributed by atoms with van der Waals surface area (Å²) < 4.78 is 30.2. The lowest BCUT2D eigenvalue weighted by Gasteiger charge is -2.30. The first kappa shape index (κ1) is 68.7. The monoisotopic (exact) mass is 1020 g/mol. The Labute approximate surface area is 439 Å². The normalized spacial score (nSPS) is 14.2. The second kappa shape index (κ2) is 51.2. The van der Waals surface area contributed by atoms with E-state index in [1.54, 1.807) is 0 Å². The van der Waals surface area contributed by atoms with E-state index in [1.807, 2.05) is 39.4 Å². The molecule has 0 heterocycles. The Bertz CT molecular complexity index is 1400. The summed E-state index contributed by atoms with van der Waals surface area (Å²) in [6.07, 6.45) is 63.5. The van der Waals surface area contributed by atoms with Crippen molar-refractivity contribution in [3.05, 3.63) is 60.8 Å². The van der Waals surface area contributed by atoms with Crippen molar-refractivity contribution in [2.24, 2.45) is 0 Å². The van der Waals surface area contributed by atoms with Gasteiger partial charge in [0, 0.05) is 12.8 Å². The van der Waals surface area contributed by atoms with Gasteiger partial charge in [0.25, 0.3) is 7.82 Å². The molecular formula is C61H113N2O7P. The maximum absolute atomic E-state index is 13.4. The van der Waals surface area contributed by atoms with Crippen LogP contribution in [0.25, 0.3) is 0 Å². The molecule has 0 fully saturated rings. The predicted octanol–water partition coefficient (Wildman–Crippen LogP) is 17.3. The fraction of sp³-hybridized carbons (Fsp3) is 0.803. The molecule has 0 aliphatic rings. The first-order valence-electron chi connectivity index (χ1n) is 29.6.